The van der Waals surface area contributed by atoms with E-state index in [4.69, 9.17) is 26.7 Å². The highest BCUT2D eigenvalue weighted by Crippen LogP contribution is 2.30. The lowest BCUT2D eigenvalue weighted by Crippen LogP contribution is -2.28. The summed E-state index contributed by atoms with van der Waals surface area (Å²) in [5, 5.41) is 9.61. The van der Waals surface area contributed by atoms with Crippen LogP contribution < -0.4 is 0 Å². The summed E-state index contributed by atoms with van der Waals surface area (Å²) in [7, 11) is 0. The quantitative estimate of drug-likeness (QED) is 0.262. The standard InChI is InChI=1S/C30H27ClFN3O3/c31-23-10-5-20(6-11-23)29-26(3-1-2-4-28(36)37)33-27-17-21(9-14-25(27)34-29)30(38)35-16-15-22(18-35)19-7-12-24(32)13-8-19/h5-14,17,22H,1-4,15-16,18H2,(H,36,37)/t22-/m1/s1. The summed E-state index contributed by atoms with van der Waals surface area (Å²) in [4.78, 5) is 35.9. The van der Waals surface area contributed by atoms with Crippen LogP contribution in [0.5, 0.6) is 0 Å². The monoisotopic (exact) mass is 531 g/mol. The number of aliphatic carboxylic acids is 1. The molecule has 0 bridgehead atoms. The minimum atomic E-state index is -0.820. The Morgan fingerprint density at radius 3 is 2.47 bits per heavy atom. The number of aryl methyl sites for hydroxylation is 1. The summed E-state index contributed by atoms with van der Waals surface area (Å²) >= 11 is 6.07. The van der Waals surface area contributed by atoms with Gasteiger partial charge >= 0.3 is 5.97 Å². The second-order valence-corrected chi connectivity index (χ2v) is 10.1. The van der Waals surface area contributed by atoms with Gasteiger partial charge in [-0.15, -0.1) is 0 Å². The Morgan fingerprint density at radius 1 is 0.974 bits per heavy atom. The van der Waals surface area contributed by atoms with Gasteiger partial charge in [0.25, 0.3) is 5.91 Å². The number of carboxylic acid groups (broad SMARTS) is 1. The minimum absolute atomic E-state index is 0.0666. The zero-order valence-corrected chi connectivity index (χ0v) is 21.5. The molecular weight excluding hydrogens is 505 g/mol. The Balaban J connectivity index is 1.40. The number of likely N-dealkylation sites (tertiary alicyclic amines) is 1. The molecule has 1 fully saturated rings. The molecule has 0 unspecified atom stereocenters. The van der Waals surface area contributed by atoms with Gasteiger partial charge in [-0.3, -0.25) is 9.59 Å². The smallest absolute Gasteiger partial charge is 0.303 e. The van der Waals surface area contributed by atoms with Crippen LogP contribution in [0.4, 0.5) is 4.39 Å². The van der Waals surface area contributed by atoms with E-state index in [0.717, 1.165) is 28.9 Å². The van der Waals surface area contributed by atoms with E-state index < -0.39 is 5.97 Å². The third-order valence-corrected chi connectivity index (χ3v) is 7.22. The number of rotatable bonds is 8. The first-order valence-electron chi connectivity index (χ1n) is 12.7. The van der Waals surface area contributed by atoms with E-state index in [1.807, 2.05) is 23.1 Å². The summed E-state index contributed by atoms with van der Waals surface area (Å²) in [5.74, 6) is -0.973. The van der Waals surface area contributed by atoms with Gasteiger partial charge in [-0.05, 0) is 73.7 Å². The molecular formula is C30H27ClFN3O3. The summed E-state index contributed by atoms with van der Waals surface area (Å²) in [6.45, 7) is 1.22. The predicted octanol–water partition coefficient (Wildman–Crippen LogP) is 6.52. The Bertz CT molecular complexity index is 1480. The van der Waals surface area contributed by atoms with Crippen LogP contribution in [0, 0.1) is 5.82 Å². The van der Waals surface area contributed by atoms with Crippen molar-refractivity contribution >= 4 is 34.5 Å². The van der Waals surface area contributed by atoms with Crippen molar-refractivity contribution in [2.75, 3.05) is 13.1 Å². The van der Waals surface area contributed by atoms with Gasteiger partial charge in [0.1, 0.15) is 5.82 Å². The van der Waals surface area contributed by atoms with Crippen molar-refractivity contribution in [3.05, 3.63) is 94.4 Å². The van der Waals surface area contributed by atoms with Crippen LogP contribution in [0.2, 0.25) is 5.02 Å². The lowest BCUT2D eigenvalue weighted by atomic mass is 9.98. The lowest BCUT2D eigenvalue weighted by molar-refractivity contribution is -0.137. The van der Waals surface area contributed by atoms with Crippen LogP contribution in [-0.2, 0) is 11.2 Å². The number of halogens is 2. The second-order valence-electron chi connectivity index (χ2n) is 9.62. The van der Waals surface area contributed by atoms with Gasteiger partial charge in [-0.1, -0.05) is 35.9 Å². The molecule has 1 aromatic heterocycles. The number of carbonyl (C=O) groups is 2. The van der Waals surface area contributed by atoms with Gasteiger partial charge in [-0.25, -0.2) is 14.4 Å². The fraction of sp³-hybridized carbons (Fsp3) is 0.267. The molecule has 1 aliphatic rings. The van der Waals surface area contributed by atoms with E-state index in [9.17, 15) is 14.0 Å². The van der Waals surface area contributed by atoms with Crippen molar-refractivity contribution in [3.8, 4) is 11.3 Å². The second kappa shape index (κ2) is 11.3. The number of benzene rings is 3. The average molecular weight is 532 g/mol. The Morgan fingerprint density at radius 2 is 1.74 bits per heavy atom. The molecule has 0 spiro atoms. The van der Waals surface area contributed by atoms with Crippen LogP contribution in [0.1, 0.15) is 53.2 Å². The van der Waals surface area contributed by atoms with Crippen molar-refractivity contribution in [3.63, 3.8) is 0 Å². The van der Waals surface area contributed by atoms with E-state index >= 15 is 0 Å². The van der Waals surface area contributed by atoms with Gasteiger partial charge in [0.05, 0.1) is 22.4 Å². The van der Waals surface area contributed by atoms with Gasteiger partial charge in [0.2, 0.25) is 0 Å². The topological polar surface area (TPSA) is 83.4 Å². The van der Waals surface area contributed by atoms with Gasteiger partial charge < -0.3 is 10.0 Å². The molecule has 1 saturated heterocycles. The highest BCUT2D eigenvalue weighted by molar-refractivity contribution is 6.30. The summed E-state index contributed by atoms with van der Waals surface area (Å²) in [6.07, 6.45) is 2.69. The van der Waals surface area contributed by atoms with Crippen molar-refractivity contribution in [2.24, 2.45) is 0 Å². The van der Waals surface area contributed by atoms with E-state index in [2.05, 4.69) is 0 Å². The van der Waals surface area contributed by atoms with Crippen LogP contribution in [0.3, 0.4) is 0 Å². The number of carboxylic acids is 1. The number of carbonyl (C=O) groups excluding carboxylic acids is 1. The van der Waals surface area contributed by atoms with Gasteiger partial charge in [0.15, 0.2) is 0 Å². The third-order valence-electron chi connectivity index (χ3n) is 6.97. The van der Waals surface area contributed by atoms with E-state index in [1.54, 1.807) is 36.4 Å². The number of hydrogen-bond donors (Lipinski definition) is 1. The first kappa shape index (κ1) is 25.8. The SMILES string of the molecule is O=C(O)CCCCc1nc2cc(C(=O)N3CC[C@@H](c4ccc(F)cc4)C3)ccc2nc1-c1ccc(Cl)cc1. The number of nitrogens with zero attached hydrogens (tertiary/aromatic N) is 3. The largest absolute Gasteiger partial charge is 0.481 e. The normalized spacial score (nSPS) is 15.2. The molecule has 1 amide bonds. The molecule has 0 radical (unpaired) electrons. The molecule has 194 valence electrons. The molecule has 1 aliphatic heterocycles. The number of hydrogen-bond acceptors (Lipinski definition) is 4. The molecule has 4 aromatic rings. The first-order valence-corrected chi connectivity index (χ1v) is 13.1. The zero-order chi connectivity index (χ0) is 26.6. The molecule has 8 heteroatoms. The summed E-state index contributed by atoms with van der Waals surface area (Å²) in [6, 6.07) is 19.2. The van der Waals surface area contributed by atoms with Crippen molar-refractivity contribution in [2.45, 2.75) is 38.0 Å². The van der Waals surface area contributed by atoms with Crippen LogP contribution >= 0.6 is 11.6 Å². The average Bonchev–Trinajstić information content (AvgIpc) is 3.41. The van der Waals surface area contributed by atoms with E-state index in [1.165, 1.54) is 12.1 Å². The maximum Gasteiger partial charge on any atom is 0.303 e. The van der Waals surface area contributed by atoms with Crippen molar-refractivity contribution < 1.29 is 19.1 Å². The Labute approximate surface area is 225 Å². The van der Waals surface area contributed by atoms with Crippen LogP contribution in [-0.4, -0.2) is 44.9 Å². The highest BCUT2D eigenvalue weighted by atomic mass is 35.5. The molecule has 38 heavy (non-hydrogen) atoms. The molecule has 1 N–H and O–H groups in total. The predicted molar refractivity (Wildman–Crippen MR) is 145 cm³/mol. The minimum Gasteiger partial charge on any atom is -0.481 e. The Kier molecular flexibility index (Phi) is 7.65. The number of unbranched alkanes of at least 4 members (excludes halogenated alkanes) is 1. The fourth-order valence-electron chi connectivity index (χ4n) is 4.94. The number of fused-ring (bicyclic) bond motifs is 1. The molecule has 2 heterocycles. The maximum absolute atomic E-state index is 13.4. The maximum atomic E-state index is 13.4. The van der Waals surface area contributed by atoms with E-state index in [-0.39, 0.29) is 24.1 Å². The summed E-state index contributed by atoms with van der Waals surface area (Å²) in [5.41, 5.74) is 5.23. The Hall–Kier alpha value is -3.84. The molecule has 5 rings (SSSR count). The molecule has 3 aromatic carbocycles. The zero-order valence-electron chi connectivity index (χ0n) is 20.7. The first-order chi connectivity index (χ1) is 18.4. The van der Waals surface area contributed by atoms with Crippen molar-refractivity contribution in [1.29, 1.82) is 0 Å². The lowest BCUT2D eigenvalue weighted by Gasteiger charge is -2.17. The number of amides is 1. The molecule has 0 saturated carbocycles. The van der Waals surface area contributed by atoms with E-state index in [0.29, 0.717) is 54.0 Å². The third kappa shape index (κ3) is 5.83. The highest BCUT2D eigenvalue weighted by Gasteiger charge is 2.28. The molecule has 6 nitrogen and oxygen atoms in total. The van der Waals surface area contributed by atoms with Crippen molar-refractivity contribution in [1.82, 2.24) is 14.9 Å². The summed E-state index contributed by atoms with van der Waals surface area (Å²) < 4.78 is 13.3. The van der Waals surface area contributed by atoms with Crippen LogP contribution in [0.15, 0.2) is 66.7 Å². The molecule has 0 aliphatic carbocycles. The fourth-order valence-corrected chi connectivity index (χ4v) is 5.07. The van der Waals surface area contributed by atoms with Crippen LogP contribution in [0.25, 0.3) is 22.3 Å². The number of aromatic nitrogens is 2. The molecule has 1 atom stereocenters. The van der Waals surface area contributed by atoms with Gasteiger partial charge in [0, 0.05) is 41.6 Å². The van der Waals surface area contributed by atoms with Gasteiger partial charge in [-0.2, -0.15) is 0 Å².